The molecular weight excluding hydrogens is 579 g/mol. The van der Waals surface area contributed by atoms with Crippen LogP contribution in [0.2, 0.25) is 0 Å². The Morgan fingerprint density at radius 2 is 1.77 bits per heavy atom. The minimum atomic E-state index is -3.49. The van der Waals surface area contributed by atoms with E-state index in [2.05, 4.69) is 15.0 Å². The molecule has 0 saturated carbocycles. The second-order valence-electron chi connectivity index (χ2n) is 9.45. The minimum Gasteiger partial charge on any atom is -0.487 e. The van der Waals surface area contributed by atoms with Gasteiger partial charge in [-0.2, -0.15) is 0 Å². The van der Waals surface area contributed by atoms with Crippen LogP contribution in [0, 0.1) is 18.6 Å². The van der Waals surface area contributed by atoms with Crippen LogP contribution in [0.3, 0.4) is 0 Å². The molecule has 1 amide bonds. The average molecular weight is 606 g/mol. The standard InChI is InChI=1S/C27H26F2N3O5PS2/c1-16-23(13-25(39-16)27(33)31-20-6-5-7-21(12-20)32-40(4,35)36)26-24(11-19(29)14-30-26)37-15-17-8-18(28)10-22(9-17)38(2,3)34/h5-14,32H,15H2,1-4H3,(H,31,33). The SMILES string of the molecule is Cc1sc(C(=O)Nc2cccc(NS(C)(=O)=O)c2)cc1-c1ncc(F)cc1OCc1cc(F)cc(P(C)(C)=O)c1. The average Bonchev–Trinajstić information content (AvgIpc) is 3.22. The van der Waals surface area contributed by atoms with Crippen LogP contribution in [-0.2, 0) is 21.2 Å². The van der Waals surface area contributed by atoms with Gasteiger partial charge in [-0.05, 0) is 68.3 Å². The van der Waals surface area contributed by atoms with E-state index in [9.17, 15) is 26.6 Å². The van der Waals surface area contributed by atoms with E-state index in [1.165, 1.54) is 42.9 Å². The van der Waals surface area contributed by atoms with Crippen LogP contribution in [0.4, 0.5) is 20.2 Å². The number of carbonyl (C=O) groups is 1. The lowest BCUT2D eigenvalue weighted by Crippen LogP contribution is -2.12. The number of nitrogens with zero attached hydrogens (tertiary/aromatic N) is 1. The van der Waals surface area contributed by atoms with Gasteiger partial charge >= 0.3 is 0 Å². The fourth-order valence-electron chi connectivity index (χ4n) is 3.82. The van der Waals surface area contributed by atoms with Crippen LogP contribution in [0.5, 0.6) is 5.75 Å². The zero-order valence-corrected chi connectivity index (χ0v) is 24.5. The zero-order valence-electron chi connectivity index (χ0n) is 22.0. The molecule has 0 aliphatic carbocycles. The van der Waals surface area contributed by atoms with Crippen molar-refractivity contribution >= 4 is 51.1 Å². The van der Waals surface area contributed by atoms with Gasteiger partial charge in [0, 0.05) is 27.5 Å². The van der Waals surface area contributed by atoms with E-state index in [1.54, 1.807) is 37.3 Å². The molecule has 0 fully saturated rings. The fourth-order valence-corrected chi connectivity index (χ4v) is 6.20. The number of amides is 1. The number of thiophene rings is 1. The number of aryl methyl sites for hydroxylation is 1. The summed E-state index contributed by atoms with van der Waals surface area (Å²) in [6.07, 6.45) is 2.06. The maximum Gasteiger partial charge on any atom is 0.265 e. The van der Waals surface area contributed by atoms with Crippen molar-refractivity contribution in [3.8, 4) is 17.0 Å². The number of rotatable bonds is 9. The molecule has 4 rings (SSSR count). The Hall–Kier alpha value is -3.60. The Morgan fingerprint density at radius 1 is 1.05 bits per heavy atom. The molecule has 0 unspecified atom stereocenters. The molecule has 2 N–H and O–H groups in total. The summed E-state index contributed by atoms with van der Waals surface area (Å²) >= 11 is 1.19. The molecule has 0 saturated heterocycles. The number of ether oxygens (including phenoxy) is 1. The number of carbonyl (C=O) groups excluding carboxylic acids is 1. The molecule has 0 atom stereocenters. The molecule has 210 valence electrons. The van der Waals surface area contributed by atoms with Gasteiger partial charge in [-0.15, -0.1) is 11.3 Å². The Bertz CT molecular complexity index is 1750. The molecule has 8 nitrogen and oxygen atoms in total. The zero-order chi connectivity index (χ0) is 29.2. The summed E-state index contributed by atoms with van der Waals surface area (Å²) in [5.74, 6) is -1.54. The van der Waals surface area contributed by atoms with E-state index in [0.29, 0.717) is 43.3 Å². The number of benzene rings is 2. The Balaban J connectivity index is 1.58. The molecule has 40 heavy (non-hydrogen) atoms. The molecule has 13 heteroatoms. The van der Waals surface area contributed by atoms with Crippen LogP contribution < -0.4 is 20.1 Å². The number of anilines is 2. The van der Waals surface area contributed by atoms with Crippen LogP contribution in [0.25, 0.3) is 11.3 Å². The number of hydrogen-bond donors (Lipinski definition) is 2. The van der Waals surface area contributed by atoms with E-state index in [-0.39, 0.29) is 12.4 Å². The fraction of sp³-hybridized carbons (Fsp3) is 0.185. The topological polar surface area (TPSA) is 114 Å². The molecule has 2 aromatic carbocycles. The van der Waals surface area contributed by atoms with Gasteiger partial charge in [0.2, 0.25) is 10.0 Å². The third-order valence-electron chi connectivity index (χ3n) is 5.60. The Labute approximate surface area is 234 Å². The van der Waals surface area contributed by atoms with Crippen LogP contribution in [0.1, 0.15) is 20.1 Å². The van der Waals surface area contributed by atoms with Gasteiger partial charge in [-0.1, -0.05) is 6.07 Å². The Morgan fingerprint density at radius 3 is 2.48 bits per heavy atom. The molecule has 0 spiro atoms. The van der Waals surface area contributed by atoms with E-state index < -0.39 is 34.7 Å². The number of nitrogens with one attached hydrogen (secondary N) is 2. The predicted molar refractivity (Wildman–Crippen MR) is 155 cm³/mol. The summed E-state index contributed by atoms with van der Waals surface area (Å²) in [7, 11) is -6.20. The van der Waals surface area contributed by atoms with Crippen molar-refractivity contribution in [3.05, 3.63) is 87.7 Å². The number of aromatic nitrogens is 1. The molecule has 0 aliphatic heterocycles. The summed E-state index contributed by atoms with van der Waals surface area (Å²) < 4.78 is 72.0. The van der Waals surface area contributed by atoms with E-state index in [4.69, 9.17) is 4.74 Å². The van der Waals surface area contributed by atoms with E-state index in [0.717, 1.165) is 18.5 Å². The smallest absolute Gasteiger partial charge is 0.265 e. The summed E-state index contributed by atoms with van der Waals surface area (Å²) in [5.41, 5.74) is 1.94. The number of hydrogen-bond acceptors (Lipinski definition) is 7. The van der Waals surface area contributed by atoms with Gasteiger partial charge in [0.1, 0.15) is 36.8 Å². The maximum absolute atomic E-state index is 14.2. The first-order valence-corrected chi connectivity index (χ1v) is 17.1. The lowest BCUT2D eigenvalue weighted by atomic mass is 10.1. The summed E-state index contributed by atoms with van der Waals surface area (Å²) in [5, 5.41) is 3.10. The second kappa shape index (κ2) is 11.5. The highest BCUT2D eigenvalue weighted by Gasteiger charge is 2.20. The van der Waals surface area contributed by atoms with Crippen LogP contribution >= 0.6 is 18.5 Å². The summed E-state index contributed by atoms with van der Waals surface area (Å²) in [4.78, 5) is 18.2. The van der Waals surface area contributed by atoms with Crippen LogP contribution in [-0.4, -0.2) is 38.9 Å². The maximum atomic E-state index is 14.2. The molecule has 4 aromatic rings. The van der Waals surface area contributed by atoms with Gasteiger partial charge in [0.15, 0.2) is 0 Å². The number of pyridine rings is 1. The first kappa shape index (κ1) is 29.4. The lowest BCUT2D eigenvalue weighted by Gasteiger charge is -2.13. The van der Waals surface area contributed by atoms with Crippen LogP contribution in [0.15, 0.2) is 60.8 Å². The normalized spacial score (nSPS) is 11.8. The molecule has 2 heterocycles. The van der Waals surface area contributed by atoms with Crippen molar-refractivity contribution in [2.45, 2.75) is 13.5 Å². The third-order valence-corrected chi connectivity index (χ3v) is 8.76. The number of halogens is 2. The molecule has 0 aliphatic rings. The quantitative estimate of drug-likeness (QED) is 0.232. The molecular formula is C27H26F2N3O5PS2. The highest BCUT2D eigenvalue weighted by atomic mass is 32.2. The van der Waals surface area contributed by atoms with Crippen molar-refractivity contribution in [2.75, 3.05) is 29.6 Å². The Kier molecular flexibility index (Phi) is 8.44. The highest BCUT2D eigenvalue weighted by Crippen LogP contribution is 2.37. The van der Waals surface area contributed by atoms with Crippen molar-refractivity contribution in [1.29, 1.82) is 0 Å². The number of sulfonamides is 1. The highest BCUT2D eigenvalue weighted by molar-refractivity contribution is 7.92. The second-order valence-corrected chi connectivity index (χ2v) is 15.7. The van der Waals surface area contributed by atoms with Gasteiger partial charge in [-0.3, -0.25) is 9.52 Å². The first-order valence-electron chi connectivity index (χ1n) is 11.8. The predicted octanol–water partition coefficient (Wildman–Crippen LogP) is 5.85. The first-order chi connectivity index (χ1) is 18.7. The van der Waals surface area contributed by atoms with Gasteiger partial charge in [0.05, 0.1) is 23.0 Å². The minimum absolute atomic E-state index is 0.0920. The van der Waals surface area contributed by atoms with Gasteiger partial charge in [-0.25, -0.2) is 22.2 Å². The third kappa shape index (κ3) is 7.53. The summed E-state index contributed by atoms with van der Waals surface area (Å²) in [6, 6.07) is 13.1. The van der Waals surface area contributed by atoms with E-state index in [1.807, 2.05) is 0 Å². The molecule has 0 bridgehead atoms. The van der Waals surface area contributed by atoms with Crippen molar-refractivity contribution < 1.29 is 31.3 Å². The van der Waals surface area contributed by atoms with Gasteiger partial charge in [0.25, 0.3) is 5.91 Å². The van der Waals surface area contributed by atoms with Crippen molar-refractivity contribution in [1.82, 2.24) is 4.98 Å². The largest absolute Gasteiger partial charge is 0.487 e. The van der Waals surface area contributed by atoms with E-state index >= 15 is 0 Å². The van der Waals surface area contributed by atoms with Gasteiger partial charge < -0.3 is 14.6 Å². The lowest BCUT2D eigenvalue weighted by molar-refractivity contribution is 0.103. The van der Waals surface area contributed by atoms with Crippen molar-refractivity contribution in [3.63, 3.8) is 0 Å². The monoisotopic (exact) mass is 605 g/mol. The van der Waals surface area contributed by atoms with Crippen molar-refractivity contribution in [2.24, 2.45) is 0 Å². The molecule has 0 radical (unpaired) electrons. The summed E-state index contributed by atoms with van der Waals surface area (Å²) in [6.45, 7) is 4.73. The molecule has 2 aromatic heterocycles.